The summed E-state index contributed by atoms with van der Waals surface area (Å²) in [5.74, 6) is 0.0615. The third kappa shape index (κ3) is 2.10. The van der Waals surface area contributed by atoms with Crippen molar-refractivity contribution in [3.8, 4) is 5.69 Å². The Morgan fingerprint density at radius 1 is 1.21 bits per heavy atom. The molecule has 0 unspecified atom stereocenters. The fraction of sp³-hybridized carbons (Fsp3) is 0.0714. The summed E-state index contributed by atoms with van der Waals surface area (Å²) in [6, 6.07) is 10.5. The first-order valence-corrected chi connectivity index (χ1v) is 6.55. The van der Waals surface area contributed by atoms with Crippen LogP contribution in [0.5, 0.6) is 0 Å². The molecule has 5 heteroatoms. The van der Waals surface area contributed by atoms with Crippen molar-refractivity contribution in [3.05, 3.63) is 52.3 Å². The molecular weight excluding hydrogens is 309 g/mol. The summed E-state index contributed by atoms with van der Waals surface area (Å²) in [6.07, 6.45) is 0. The molecule has 0 atom stereocenters. The Kier molecular flexibility index (Phi) is 2.78. The molecule has 0 bridgehead atoms. The number of hydrogen-bond donors (Lipinski definition) is 1. The summed E-state index contributed by atoms with van der Waals surface area (Å²) < 4.78 is 16.2. The molecule has 1 heterocycles. The number of nitrogens with two attached hydrogens (primary N) is 1. The molecule has 19 heavy (non-hydrogen) atoms. The number of nitrogens with zero attached hydrogens (tertiary/aromatic N) is 2. The highest BCUT2D eigenvalue weighted by Gasteiger charge is 2.11. The number of aryl methyl sites for hydroxylation is 1. The minimum absolute atomic E-state index is 0.284. The minimum atomic E-state index is -0.284. The average molecular weight is 320 g/mol. The first kappa shape index (κ1) is 12.2. The van der Waals surface area contributed by atoms with Gasteiger partial charge in [0.25, 0.3) is 0 Å². The van der Waals surface area contributed by atoms with Crippen LogP contribution in [0.15, 0.2) is 40.9 Å². The van der Waals surface area contributed by atoms with Crippen molar-refractivity contribution in [2.45, 2.75) is 6.92 Å². The molecule has 0 aliphatic carbocycles. The lowest BCUT2D eigenvalue weighted by molar-refractivity contribution is 0.625. The van der Waals surface area contributed by atoms with Gasteiger partial charge < -0.3 is 5.73 Å². The first-order valence-electron chi connectivity index (χ1n) is 5.75. The standard InChI is InChI=1S/C14H11BrFN3/c1-8-4-10(16)7-11(5-8)19-13-3-2-9(15)6-12(13)18-14(19)17/h2-7H,1H3,(H2,17,18). The molecule has 0 saturated heterocycles. The number of aromatic nitrogens is 2. The maximum absolute atomic E-state index is 13.5. The van der Waals surface area contributed by atoms with E-state index in [4.69, 9.17) is 5.73 Å². The molecule has 0 fully saturated rings. The lowest BCUT2D eigenvalue weighted by Gasteiger charge is -2.08. The molecule has 1 aromatic heterocycles. The second-order valence-electron chi connectivity index (χ2n) is 4.43. The summed E-state index contributed by atoms with van der Waals surface area (Å²) >= 11 is 3.40. The van der Waals surface area contributed by atoms with Gasteiger partial charge in [0.2, 0.25) is 5.95 Å². The molecule has 0 amide bonds. The van der Waals surface area contributed by atoms with E-state index < -0.39 is 0 Å². The fourth-order valence-corrected chi connectivity index (χ4v) is 2.54. The van der Waals surface area contributed by atoms with E-state index in [2.05, 4.69) is 20.9 Å². The predicted molar refractivity (Wildman–Crippen MR) is 77.9 cm³/mol. The number of rotatable bonds is 1. The van der Waals surface area contributed by atoms with Crippen LogP contribution in [0.1, 0.15) is 5.56 Å². The van der Waals surface area contributed by atoms with E-state index >= 15 is 0 Å². The van der Waals surface area contributed by atoms with E-state index in [0.717, 1.165) is 21.1 Å². The van der Waals surface area contributed by atoms with Crippen LogP contribution in [0.25, 0.3) is 16.7 Å². The molecule has 0 saturated carbocycles. The van der Waals surface area contributed by atoms with Crippen molar-refractivity contribution < 1.29 is 4.39 Å². The average Bonchev–Trinajstić information content (AvgIpc) is 2.62. The second-order valence-corrected chi connectivity index (χ2v) is 5.34. The van der Waals surface area contributed by atoms with Gasteiger partial charge in [-0.2, -0.15) is 0 Å². The molecular formula is C14H11BrFN3. The largest absolute Gasteiger partial charge is 0.369 e. The van der Waals surface area contributed by atoms with Crippen LogP contribution in [0, 0.1) is 12.7 Å². The Bertz CT molecular complexity index is 759. The minimum Gasteiger partial charge on any atom is -0.369 e. The van der Waals surface area contributed by atoms with E-state index in [1.807, 2.05) is 31.2 Å². The normalized spacial score (nSPS) is 11.1. The van der Waals surface area contributed by atoms with Gasteiger partial charge in [0, 0.05) is 4.47 Å². The third-order valence-electron chi connectivity index (χ3n) is 2.93. The Hall–Kier alpha value is -1.88. The summed E-state index contributed by atoms with van der Waals surface area (Å²) in [5, 5.41) is 0. The molecule has 3 rings (SSSR count). The molecule has 0 spiro atoms. The van der Waals surface area contributed by atoms with Crippen molar-refractivity contribution in [2.75, 3.05) is 5.73 Å². The quantitative estimate of drug-likeness (QED) is 0.741. The predicted octanol–water partition coefficient (Wildman–Crippen LogP) is 3.82. The van der Waals surface area contributed by atoms with Gasteiger partial charge >= 0.3 is 0 Å². The topological polar surface area (TPSA) is 43.8 Å². The lowest BCUT2D eigenvalue weighted by atomic mass is 10.2. The van der Waals surface area contributed by atoms with Crippen LogP contribution in [0.3, 0.4) is 0 Å². The Morgan fingerprint density at radius 2 is 2.00 bits per heavy atom. The lowest BCUT2D eigenvalue weighted by Crippen LogP contribution is -2.01. The van der Waals surface area contributed by atoms with Crippen molar-refractivity contribution in [1.29, 1.82) is 0 Å². The van der Waals surface area contributed by atoms with Gasteiger partial charge in [-0.25, -0.2) is 9.37 Å². The van der Waals surface area contributed by atoms with Gasteiger partial charge in [-0.05, 0) is 48.9 Å². The van der Waals surface area contributed by atoms with Crippen LogP contribution < -0.4 is 5.73 Å². The smallest absolute Gasteiger partial charge is 0.205 e. The van der Waals surface area contributed by atoms with Crippen LogP contribution in [-0.4, -0.2) is 9.55 Å². The van der Waals surface area contributed by atoms with Crippen LogP contribution in [0.2, 0.25) is 0 Å². The summed E-state index contributed by atoms with van der Waals surface area (Å²) in [7, 11) is 0. The molecule has 0 aliphatic heterocycles. The van der Waals surface area contributed by atoms with E-state index in [0.29, 0.717) is 11.6 Å². The summed E-state index contributed by atoms with van der Waals surface area (Å²) in [6.45, 7) is 1.85. The SMILES string of the molecule is Cc1cc(F)cc(-n2c(N)nc3cc(Br)ccc32)c1. The van der Waals surface area contributed by atoms with Gasteiger partial charge in [-0.15, -0.1) is 0 Å². The number of halogens is 2. The van der Waals surface area contributed by atoms with E-state index in [9.17, 15) is 4.39 Å². The zero-order chi connectivity index (χ0) is 13.6. The zero-order valence-corrected chi connectivity index (χ0v) is 11.8. The van der Waals surface area contributed by atoms with Crippen LogP contribution >= 0.6 is 15.9 Å². The van der Waals surface area contributed by atoms with Crippen LogP contribution in [-0.2, 0) is 0 Å². The first-order chi connectivity index (χ1) is 9.04. The maximum atomic E-state index is 13.5. The third-order valence-corrected chi connectivity index (χ3v) is 3.42. The molecule has 0 aliphatic rings. The monoisotopic (exact) mass is 319 g/mol. The highest BCUT2D eigenvalue weighted by atomic mass is 79.9. The van der Waals surface area contributed by atoms with Gasteiger partial charge in [-0.1, -0.05) is 15.9 Å². The van der Waals surface area contributed by atoms with Gasteiger partial charge in [-0.3, -0.25) is 4.57 Å². The van der Waals surface area contributed by atoms with Gasteiger partial charge in [0.1, 0.15) is 5.82 Å². The highest BCUT2D eigenvalue weighted by molar-refractivity contribution is 9.10. The van der Waals surface area contributed by atoms with Crippen LogP contribution in [0.4, 0.5) is 10.3 Å². The van der Waals surface area contributed by atoms with Crippen molar-refractivity contribution in [1.82, 2.24) is 9.55 Å². The fourth-order valence-electron chi connectivity index (χ4n) is 2.19. The van der Waals surface area contributed by atoms with Crippen molar-refractivity contribution in [2.24, 2.45) is 0 Å². The zero-order valence-electron chi connectivity index (χ0n) is 10.2. The van der Waals surface area contributed by atoms with Gasteiger partial charge in [0.15, 0.2) is 0 Å². The van der Waals surface area contributed by atoms with Crippen molar-refractivity contribution in [3.63, 3.8) is 0 Å². The molecule has 2 N–H and O–H groups in total. The van der Waals surface area contributed by atoms with Crippen molar-refractivity contribution >= 4 is 32.9 Å². The molecule has 96 valence electrons. The summed E-state index contributed by atoms with van der Waals surface area (Å²) in [4.78, 5) is 4.30. The van der Waals surface area contributed by atoms with Gasteiger partial charge in [0.05, 0.1) is 16.7 Å². The number of benzene rings is 2. The molecule has 3 aromatic rings. The van der Waals surface area contributed by atoms with E-state index in [1.165, 1.54) is 12.1 Å². The number of nitrogen functional groups attached to an aromatic ring is 1. The maximum Gasteiger partial charge on any atom is 0.205 e. The highest BCUT2D eigenvalue weighted by Crippen LogP contribution is 2.26. The molecule has 0 radical (unpaired) electrons. The Balaban J connectivity index is 2.32. The number of fused-ring (bicyclic) bond motifs is 1. The van der Waals surface area contributed by atoms with E-state index in [1.54, 1.807) is 4.57 Å². The second kappa shape index (κ2) is 4.35. The number of hydrogen-bond acceptors (Lipinski definition) is 2. The Labute approximate surface area is 118 Å². The number of anilines is 1. The summed E-state index contributed by atoms with van der Waals surface area (Å²) in [5.41, 5.74) is 9.10. The van der Waals surface area contributed by atoms with E-state index in [-0.39, 0.29) is 5.82 Å². The Morgan fingerprint density at radius 3 is 2.74 bits per heavy atom. The molecule has 2 aromatic carbocycles. The number of imidazole rings is 1. The molecule has 3 nitrogen and oxygen atoms in total.